The van der Waals surface area contributed by atoms with Gasteiger partial charge in [-0.15, -0.1) is 0 Å². The van der Waals surface area contributed by atoms with E-state index in [2.05, 4.69) is 17.1 Å². The van der Waals surface area contributed by atoms with Crippen LogP contribution in [0.1, 0.15) is 56.3 Å². The number of nitrogens with one attached hydrogen (secondary N) is 1. The summed E-state index contributed by atoms with van der Waals surface area (Å²) in [6.07, 6.45) is 3.62. The van der Waals surface area contributed by atoms with E-state index in [0.717, 1.165) is 26.1 Å². The minimum absolute atomic E-state index is 0.0653. The Balaban J connectivity index is 1.38. The highest BCUT2D eigenvalue weighted by Crippen LogP contribution is 2.33. The van der Waals surface area contributed by atoms with Gasteiger partial charge >= 0.3 is 6.03 Å². The van der Waals surface area contributed by atoms with Crippen LogP contribution >= 0.6 is 0 Å². The number of ether oxygens (including phenoxy) is 1. The number of likely N-dealkylation sites (tertiary alicyclic amines) is 2. The molecule has 8 heteroatoms. The van der Waals surface area contributed by atoms with Crippen LogP contribution in [-0.2, 0) is 4.79 Å². The van der Waals surface area contributed by atoms with Crippen LogP contribution in [0.2, 0.25) is 0 Å². The minimum Gasteiger partial charge on any atom is -0.493 e. The number of para-hydroxylation sites is 1. The lowest BCUT2D eigenvalue weighted by atomic mass is 9.87. The first-order chi connectivity index (χ1) is 15.5. The van der Waals surface area contributed by atoms with E-state index in [1.165, 1.54) is 4.90 Å². The number of benzene rings is 1. The number of urea groups is 1. The SMILES string of the molecule is CCCN1CCC2(CC1)NC(=O)N(C1CCN(C(=O)c3ccccc3OCC)CC1)C2=O. The minimum atomic E-state index is -0.745. The molecule has 3 aliphatic heterocycles. The number of amides is 4. The number of imide groups is 1. The van der Waals surface area contributed by atoms with E-state index in [4.69, 9.17) is 4.74 Å². The normalized spacial score (nSPS) is 21.8. The first-order valence-corrected chi connectivity index (χ1v) is 11.9. The lowest BCUT2D eigenvalue weighted by molar-refractivity contribution is -0.135. The molecular weight excluding hydrogens is 408 g/mol. The van der Waals surface area contributed by atoms with Gasteiger partial charge in [-0.2, -0.15) is 0 Å². The monoisotopic (exact) mass is 442 g/mol. The van der Waals surface area contributed by atoms with Crippen molar-refractivity contribution in [2.45, 2.75) is 57.5 Å². The molecule has 1 spiro atoms. The van der Waals surface area contributed by atoms with Gasteiger partial charge in [-0.25, -0.2) is 4.79 Å². The summed E-state index contributed by atoms with van der Waals surface area (Å²) in [6.45, 7) is 8.26. The quantitative estimate of drug-likeness (QED) is 0.685. The number of carbonyl (C=O) groups excluding carboxylic acids is 3. The molecule has 4 amide bonds. The molecule has 0 unspecified atom stereocenters. The predicted octanol–water partition coefficient (Wildman–Crippen LogP) is 2.49. The van der Waals surface area contributed by atoms with Gasteiger partial charge in [0.15, 0.2) is 0 Å². The number of piperidine rings is 2. The molecule has 1 N–H and O–H groups in total. The van der Waals surface area contributed by atoms with E-state index >= 15 is 0 Å². The number of rotatable bonds is 6. The van der Waals surface area contributed by atoms with Crippen molar-refractivity contribution in [3.63, 3.8) is 0 Å². The van der Waals surface area contributed by atoms with Gasteiger partial charge in [-0.1, -0.05) is 19.1 Å². The van der Waals surface area contributed by atoms with Crippen LogP contribution in [-0.4, -0.2) is 83.5 Å². The number of hydrogen-bond donors (Lipinski definition) is 1. The van der Waals surface area contributed by atoms with Gasteiger partial charge in [-0.3, -0.25) is 14.5 Å². The van der Waals surface area contributed by atoms with Gasteiger partial charge in [0.2, 0.25) is 0 Å². The maximum atomic E-state index is 13.3. The second-order valence-electron chi connectivity index (χ2n) is 8.98. The first-order valence-electron chi connectivity index (χ1n) is 11.9. The molecule has 0 aromatic heterocycles. The van der Waals surface area contributed by atoms with Gasteiger partial charge in [0.1, 0.15) is 11.3 Å². The maximum absolute atomic E-state index is 13.3. The van der Waals surface area contributed by atoms with Crippen LogP contribution in [0.5, 0.6) is 5.75 Å². The zero-order valence-electron chi connectivity index (χ0n) is 19.1. The number of hydrogen-bond acceptors (Lipinski definition) is 5. The molecule has 0 atom stereocenters. The molecule has 0 bridgehead atoms. The zero-order valence-corrected chi connectivity index (χ0v) is 19.1. The van der Waals surface area contributed by atoms with Crippen molar-refractivity contribution < 1.29 is 19.1 Å². The summed E-state index contributed by atoms with van der Waals surface area (Å²) >= 11 is 0. The average molecular weight is 443 g/mol. The van der Waals surface area contributed by atoms with Crippen LogP contribution in [0.4, 0.5) is 4.79 Å². The Bertz CT molecular complexity index is 857. The van der Waals surface area contributed by atoms with E-state index < -0.39 is 5.54 Å². The van der Waals surface area contributed by atoms with Gasteiger partial charge < -0.3 is 19.9 Å². The molecule has 3 aliphatic rings. The van der Waals surface area contributed by atoms with Gasteiger partial charge in [0.25, 0.3) is 11.8 Å². The molecule has 8 nitrogen and oxygen atoms in total. The highest BCUT2D eigenvalue weighted by molar-refractivity contribution is 6.07. The molecule has 3 heterocycles. The summed E-state index contributed by atoms with van der Waals surface area (Å²) in [6, 6.07) is 6.84. The number of carbonyl (C=O) groups is 3. The van der Waals surface area contributed by atoms with E-state index in [9.17, 15) is 14.4 Å². The molecular formula is C24H34N4O4. The fourth-order valence-corrected chi connectivity index (χ4v) is 5.21. The average Bonchev–Trinajstić information content (AvgIpc) is 3.05. The molecule has 32 heavy (non-hydrogen) atoms. The van der Waals surface area contributed by atoms with E-state index in [1.807, 2.05) is 25.1 Å². The predicted molar refractivity (Wildman–Crippen MR) is 121 cm³/mol. The molecule has 0 radical (unpaired) electrons. The summed E-state index contributed by atoms with van der Waals surface area (Å²) in [4.78, 5) is 44.8. The lowest BCUT2D eigenvalue weighted by Gasteiger charge is -2.38. The molecule has 0 aliphatic carbocycles. The van der Waals surface area contributed by atoms with Crippen molar-refractivity contribution >= 4 is 17.8 Å². The summed E-state index contributed by atoms with van der Waals surface area (Å²) in [7, 11) is 0. The van der Waals surface area contributed by atoms with Crippen LogP contribution < -0.4 is 10.1 Å². The largest absolute Gasteiger partial charge is 0.493 e. The summed E-state index contributed by atoms with van der Waals surface area (Å²) in [5.41, 5.74) is -0.189. The second-order valence-corrected chi connectivity index (χ2v) is 8.98. The first kappa shape index (κ1) is 22.6. The van der Waals surface area contributed by atoms with Crippen LogP contribution in [0.25, 0.3) is 0 Å². The van der Waals surface area contributed by atoms with Crippen molar-refractivity contribution in [2.75, 3.05) is 39.3 Å². The third-order valence-electron chi connectivity index (χ3n) is 6.98. The maximum Gasteiger partial charge on any atom is 0.325 e. The summed E-state index contributed by atoms with van der Waals surface area (Å²) in [5.74, 6) is 0.446. The topological polar surface area (TPSA) is 82.2 Å². The highest BCUT2D eigenvalue weighted by Gasteiger charge is 2.54. The summed E-state index contributed by atoms with van der Waals surface area (Å²) in [5, 5.41) is 3.02. The highest BCUT2D eigenvalue weighted by atomic mass is 16.5. The lowest BCUT2D eigenvalue weighted by Crippen LogP contribution is -2.55. The molecule has 1 aromatic rings. The van der Waals surface area contributed by atoms with Crippen LogP contribution in [0.15, 0.2) is 24.3 Å². The zero-order chi connectivity index (χ0) is 22.7. The molecule has 3 saturated heterocycles. The third-order valence-corrected chi connectivity index (χ3v) is 6.98. The molecule has 4 rings (SSSR count). The Morgan fingerprint density at radius 3 is 2.44 bits per heavy atom. The smallest absolute Gasteiger partial charge is 0.325 e. The van der Waals surface area contributed by atoms with Crippen molar-refractivity contribution in [3.8, 4) is 5.75 Å². The molecule has 3 fully saturated rings. The van der Waals surface area contributed by atoms with Gasteiger partial charge in [-0.05, 0) is 57.7 Å². The van der Waals surface area contributed by atoms with E-state index in [0.29, 0.717) is 56.7 Å². The van der Waals surface area contributed by atoms with Crippen LogP contribution in [0.3, 0.4) is 0 Å². The molecule has 1 aromatic carbocycles. The van der Waals surface area contributed by atoms with Crippen molar-refractivity contribution in [1.82, 2.24) is 20.0 Å². The van der Waals surface area contributed by atoms with Gasteiger partial charge in [0.05, 0.1) is 12.2 Å². The Labute approximate surface area is 189 Å². The van der Waals surface area contributed by atoms with Crippen LogP contribution in [0, 0.1) is 0 Å². The second kappa shape index (κ2) is 9.48. The fourth-order valence-electron chi connectivity index (χ4n) is 5.21. The Kier molecular flexibility index (Phi) is 6.69. The standard InChI is InChI=1S/C24H34N4O4/c1-3-13-26-16-11-24(12-17-26)22(30)28(23(31)25-24)18-9-14-27(15-10-18)21(29)19-7-5-6-8-20(19)32-4-2/h5-8,18H,3-4,9-17H2,1-2H3,(H,25,31). The molecule has 0 saturated carbocycles. The van der Waals surface area contributed by atoms with E-state index in [1.54, 1.807) is 11.0 Å². The fraction of sp³-hybridized carbons (Fsp3) is 0.625. The Morgan fingerprint density at radius 2 is 1.78 bits per heavy atom. The van der Waals surface area contributed by atoms with Crippen molar-refractivity contribution in [2.24, 2.45) is 0 Å². The molecule has 174 valence electrons. The Morgan fingerprint density at radius 1 is 1.09 bits per heavy atom. The van der Waals surface area contributed by atoms with Gasteiger partial charge in [0, 0.05) is 32.2 Å². The van der Waals surface area contributed by atoms with E-state index in [-0.39, 0.29) is 23.9 Å². The van der Waals surface area contributed by atoms with Crippen molar-refractivity contribution in [3.05, 3.63) is 29.8 Å². The third kappa shape index (κ3) is 4.20. The summed E-state index contributed by atoms with van der Waals surface area (Å²) < 4.78 is 5.61. The van der Waals surface area contributed by atoms with Crippen molar-refractivity contribution in [1.29, 1.82) is 0 Å². The number of nitrogens with zero attached hydrogens (tertiary/aromatic N) is 3. The Hall–Kier alpha value is -2.61.